The number of aliphatic hydroxyl groups excluding tert-OH is 1. The molecule has 0 aliphatic carbocycles. The minimum absolute atomic E-state index is 0.184. The van der Waals surface area contributed by atoms with E-state index in [-0.39, 0.29) is 12.2 Å². The number of nitrogens with zero attached hydrogens (tertiary/aromatic N) is 1. The van der Waals surface area contributed by atoms with Gasteiger partial charge in [-0.15, -0.1) is 0 Å². The van der Waals surface area contributed by atoms with Gasteiger partial charge in [-0.3, -0.25) is 4.98 Å². The molecule has 94 valence electrons. The van der Waals surface area contributed by atoms with Gasteiger partial charge in [0.25, 0.3) is 0 Å². The average molecular weight is 314 g/mol. The van der Waals surface area contributed by atoms with Crippen molar-refractivity contribution in [3.8, 4) is 0 Å². The van der Waals surface area contributed by atoms with Gasteiger partial charge >= 0.3 is 0 Å². The molecular formula is C13H10BrF2NO. The summed E-state index contributed by atoms with van der Waals surface area (Å²) in [4.78, 5) is 3.67. The van der Waals surface area contributed by atoms with Crippen molar-refractivity contribution >= 4 is 15.9 Å². The van der Waals surface area contributed by atoms with E-state index in [1.165, 1.54) is 24.4 Å². The predicted molar refractivity (Wildman–Crippen MR) is 67.0 cm³/mol. The number of hydrogen-bond acceptors (Lipinski definition) is 2. The van der Waals surface area contributed by atoms with Crippen LogP contribution in [0.2, 0.25) is 0 Å². The van der Waals surface area contributed by atoms with Crippen LogP contribution in [0.1, 0.15) is 17.2 Å². The molecule has 1 N–H and O–H groups in total. The van der Waals surface area contributed by atoms with Gasteiger partial charge in [0.1, 0.15) is 11.6 Å². The number of pyridine rings is 1. The van der Waals surface area contributed by atoms with Gasteiger partial charge in [-0.2, -0.15) is 0 Å². The number of aromatic nitrogens is 1. The van der Waals surface area contributed by atoms with Crippen LogP contribution in [0.3, 0.4) is 0 Å². The summed E-state index contributed by atoms with van der Waals surface area (Å²) in [5.41, 5.74) is 0.984. The van der Waals surface area contributed by atoms with E-state index in [1.54, 1.807) is 6.07 Å². The van der Waals surface area contributed by atoms with E-state index in [0.29, 0.717) is 15.6 Å². The van der Waals surface area contributed by atoms with E-state index in [9.17, 15) is 13.9 Å². The van der Waals surface area contributed by atoms with Crippen molar-refractivity contribution < 1.29 is 13.9 Å². The van der Waals surface area contributed by atoms with E-state index < -0.39 is 11.9 Å². The van der Waals surface area contributed by atoms with Crippen molar-refractivity contribution in [3.05, 3.63) is 63.9 Å². The van der Waals surface area contributed by atoms with Crippen molar-refractivity contribution in [2.75, 3.05) is 0 Å². The molecule has 0 aliphatic heterocycles. The molecule has 0 saturated heterocycles. The second kappa shape index (κ2) is 5.54. The Labute approximate surface area is 111 Å². The minimum atomic E-state index is -0.925. The van der Waals surface area contributed by atoms with Crippen LogP contribution in [0.25, 0.3) is 0 Å². The first-order chi connectivity index (χ1) is 8.56. The first-order valence-corrected chi connectivity index (χ1v) is 6.08. The first-order valence-electron chi connectivity index (χ1n) is 5.28. The van der Waals surface area contributed by atoms with Gasteiger partial charge in [-0.25, -0.2) is 8.78 Å². The Kier molecular flexibility index (Phi) is 4.04. The van der Waals surface area contributed by atoms with Gasteiger partial charge < -0.3 is 5.11 Å². The molecule has 0 aliphatic rings. The molecular weight excluding hydrogens is 304 g/mol. The third-order valence-electron chi connectivity index (χ3n) is 2.53. The minimum Gasteiger partial charge on any atom is -0.388 e. The van der Waals surface area contributed by atoms with Crippen LogP contribution in [0.5, 0.6) is 0 Å². The molecule has 0 fully saturated rings. The molecule has 1 heterocycles. The highest BCUT2D eigenvalue weighted by molar-refractivity contribution is 9.10. The smallest absolute Gasteiger partial charge is 0.141 e. The van der Waals surface area contributed by atoms with Crippen molar-refractivity contribution in [1.29, 1.82) is 0 Å². The molecule has 2 rings (SSSR count). The second-order valence-electron chi connectivity index (χ2n) is 3.89. The van der Waals surface area contributed by atoms with Gasteiger partial charge in [-0.05, 0) is 29.8 Å². The monoisotopic (exact) mass is 313 g/mol. The summed E-state index contributed by atoms with van der Waals surface area (Å²) in [5.74, 6) is -0.886. The highest BCUT2D eigenvalue weighted by Gasteiger charge is 2.12. The van der Waals surface area contributed by atoms with Crippen LogP contribution in [0.4, 0.5) is 8.78 Å². The SMILES string of the molecule is OC(Cc1cc(F)ccc1Br)c1cncc(F)c1. The molecule has 0 radical (unpaired) electrons. The Morgan fingerprint density at radius 1 is 1.17 bits per heavy atom. The number of halogens is 3. The van der Waals surface area contributed by atoms with Crippen LogP contribution in [0.15, 0.2) is 41.1 Å². The van der Waals surface area contributed by atoms with Gasteiger partial charge in [0.05, 0.1) is 12.3 Å². The molecule has 18 heavy (non-hydrogen) atoms. The summed E-state index contributed by atoms with van der Waals surface area (Å²) >= 11 is 3.28. The highest BCUT2D eigenvalue weighted by atomic mass is 79.9. The van der Waals surface area contributed by atoms with Gasteiger partial charge in [-0.1, -0.05) is 15.9 Å². The summed E-state index contributed by atoms with van der Waals surface area (Å²) in [6.45, 7) is 0. The number of rotatable bonds is 3. The zero-order valence-corrected chi connectivity index (χ0v) is 10.9. The maximum Gasteiger partial charge on any atom is 0.141 e. The third-order valence-corrected chi connectivity index (χ3v) is 3.31. The fourth-order valence-corrected chi connectivity index (χ4v) is 2.04. The van der Waals surface area contributed by atoms with Gasteiger partial charge in [0, 0.05) is 22.7 Å². The highest BCUT2D eigenvalue weighted by Crippen LogP contribution is 2.24. The Hall–Kier alpha value is -1.33. The second-order valence-corrected chi connectivity index (χ2v) is 4.75. The fourth-order valence-electron chi connectivity index (χ4n) is 1.64. The van der Waals surface area contributed by atoms with Crippen molar-refractivity contribution in [2.45, 2.75) is 12.5 Å². The van der Waals surface area contributed by atoms with E-state index in [2.05, 4.69) is 20.9 Å². The Morgan fingerprint density at radius 2 is 1.94 bits per heavy atom. The lowest BCUT2D eigenvalue weighted by Crippen LogP contribution is -2.04. The van der Waals surface area contributed by atoms with Crippen LogP contribution >= 0.6 is 15.9 Å². The Morgan fingerprint density at radius 3 is 2.67 bits per heavy atom. The molecule has 2 nitrogen and oxygen atoms in total. The molecule has 0 amide bonds. The summed E-state index contributed by atoms with van der Waals surface area (Å²) in [6, 6.07) is 5.44. The molecule has 0 bridgehead atoms. The zero-order chi connectivity index (χ0) is 13.1. The largest absolute Gasteiger partial charge is 0.388 e. The third kappa shape index (κ3) is 3.11. The molecule has 1 aromatic carbocycles. The van der Waals surface area contributed by atoms with Crippen molar-refractivity contribution in [3.63, 3.8) is 0 Å². The van der Waals surface area contributed by atoms with Gasteiger partial charge in [0.2, 0.25) is 0 Å². The molecule has 1 unspecified atom stereocenters. The van der Waals surface area contributed by atoms with Crippen LogP contribution in [-0.4, -0.2) is 10.1 Å². The van der Waals surface area contributed by atoms with Crippen molar-refractivity contribution in [2.24, 2.45) is 0 Å². The van der Waals surface area contributed by atoms with Crippen molar-refractivity contribution in [1.82, 2.24) is 4.98 Å². The maximum atomic E-state index is 13.1. The standard InChI is InChI=1S/C13H10BrF2NO/c14-12-2-1-10(15)3-8(12)5-13(18)9-4-11(16)7-17-6-9/h1-4,6-7,13,18H,5H2. The molecule has 2 aromatic rings. The summed E-state index contributed by atoms with van der Waals surface area (Å²) in [5, 5.41) is 9.96. The molecule has 1 atom stereocenters. The van der Waals surface area contributed by atoms with Crippen LogP contribution in [0, 0.1) is 11.6 Å². The Bertz CT molecular complexity index is 562. The summed E-state index contributed by atoms with van der Waals surface area (Å²) in [6.07, 6.45) is 1.71. The summed E-state index contributed by atoms with van der Waals surface area (Å²) in [7, 11) is 0. The number of hydrogen-bond donors (Lipinski definition) is 1. The predicted octanol–water partition coefficient (Wildman–Crippen LogP) is 3.40. The molecule has 0 spiro atoms. The quantitative estimate of drug-likeness (QED) is 0.942. The fraction of sp³-hybridized carbons (Fsp3) is 0.154. The van der Waals surface area contributed by atoms with Gasteiger partial charge in [0.15, 0.2) is 0 Å². The van der Waals surface area contributed by atoms with Crippen LogP contribution in [-0.2, 0) is 6.42 Å². The first kappa shape index (κ1) is 13.1. The lowest BCUT2D eigenvalue weighted by molar-refractivity contribution is 0.177. The van der Waals surface area contributed by atoms with E-state index >= 15 is 0 Å². The Balaban J connectivity index is 2.21. The average Bonchev–Trinajstić information content (AvgIpc) is 2.34. The summed E-state index contributed by atoms with van der Waals surface area (Å²) < 4.78 is 26.8. The topological polar surface area (TPSA) is 33.1 Å². The lowest BCUT2D eigenvalue weighted by Gasteiger charge is -2.12. The number of aliphatic hydroxyl groups is 1. The molecule has 5 heteroatoms. The normalized spacial score (nSPS) is 12.4. The van der Waals surface area contributed by atoms with E-state index in [4.69, 9.17) is 0 Å². The maximum absolute atomic E-state index is 13.1. The van der Waals surface area contributed by atoms with E-state index in [0.717, 1.165) is 6.20 Å². The lowest BCUT2D eigenvalue weighted by atomic mass is 10.0. The molecule has 0 saturated carbocycles. The van der Waals surface area contributed by atoms with E-state index in [1.807, 2.05) is 0 Å². The molecule has 1 aromatic heterocycles. The van der Waals surface area contributed by atoms with Crippen LogP contribution < -0.4 is 0 Å². The zero-order valence-electron chi connectivity index (χ0n) is 9.28. The number of benzene rings is 1.